The molecule has 0 fully saturated rings. The first-order valence-corrected chi connectivity index (χ1v) is 9.62. The van der Waals surface area contributed by atoms with E-state index in [2.05, 4.69) is 87.5 Å². The molecule has 1 heterocycles. The zero-order valence-corrected chi connectivity index (χ0v) is 16.1. The fraction of sp³-hybridized carbons (Fsp3) is 0.192. The molecule has 0 N–H and O–H groups in total. The lowest BCUT2D eigenvalue weighted by Crippen LogP contribution is -2.09. The number of fused-ring (bicyclic) bond motifs is 5. The summed E-state index contributed by atoms with van der Waals surface area (Å²) in [5.74, 6) is 0. The molecule has 1 nitrogen and oxygen atoms in total. The number of hydrogen-bond donors (Lipinski definition) is 0. The predicted octanol–water partition coefficient (Wildman–Crippen LogP) is 7.14. The first-order valence-electron chi connectivity index (χ1n) is 9.62. The number of pyridine rings is 1. The van der Waals surface area contributed by atoms with Crippen molar-refractivity contribution in [2.24, 2.45) is 5.41 Å². The summed E-state index contributed by atoms with van der Waals surface area (Å²) in [7, 11) is 0. The Labute approximate surface area is 160 Å². The van der Waals surface area contributed by atoms with Gasteiger partial charge in [-0.15, -0.1) is 0 Å². The van der Waals surface area contributed by atoms with Crippen LogP contribution in [0.5, 0.6) is 0 Å². The van der Waals surface area contributed by atoms with Gasteiger partial charge < -0.3 is 0 Å². The van der Waals surface area contributed by atoms with Crippen molar-refractivity contribution in [3.63, 3.8) is 0 Å². The van der Waals surface area contributed by atoms with Gasteiger partial charge >= 0.3 is 0 Å². The molecule has 1 heteroatoms. The van der Waals surface area contributed by atoms with Gasteiger partial charge in [0.2, 0.25) is 0 Å². The Morgan fingerprint density at radius 2 is 1.30 bits per heavy atom. The molecule has 0 aliphatic heterocycles. The van der Waals surface area contributed by atoms with Crippen molar-refractivity contribution in [1.82, 2.24) is 4.98 Å². The summed E-state index contributed by atoms with van der Waals surface area (Å²) < 4.78 is 0. The number of benzene rings is 3. The third kappa shape index (κ3) is 2.66. The zero-order valence-electron chi connectivity index (χ0n) is 16.1. The highest BCUT2D eigenvalue weighted by molar-refractivity contribution is 6.12. The number of hydrogen-bond acceptors (Lipinski definition) is 1. The second-order valence-corrected chi connectivity index (χ2v) is 8.73. The monoisotopic (exact) mass is 349 g/mol. The van der Waals surface area contributed by atoms with Crippen LogP contribution >= 0.6 is 0 Å². The molecule has 0 saturated heterocycles. The highest BCUT2D eigenvalue weighted by atomic mass is 14.7. The lowest BCUT2D eigenvalue weighted by molar-refractivity contribution is 0.411. The van der Waals surface area contributed by atoms with Gasteiger partial charge in [-0.25, -0.2) is 0 Å². The second-order valence-electron chi connectivity index (χ2n) is 8.73. The van der Waals surface area contributed by atoms with E-state index in [0.717, 1.165) is 12.1 Å². The van der Waals surface area contributed by atoms with Crippen molar-refractivity contribution in [2.45, 2.75) is 27.2 Å². The van der Waals surface area contributed by atoms with Crippen LogP contribution in [0, 0.1) is 5.41 Å². The minimum Gasteiger partial charge on any atom is -0.256 e. The largest absolute Gasteiger partial charge is 0.256 e. The van der Waals surface area contributed by atoms with Gasteiger partial charge in [0.25, 0.3) is 0 Å². The Kier molecular flexibility index (Phi) is 3.48. The fourth-order valence-corrected chi connectivity index (χ4v) is 4.39. The van der Waals surface area contributed by atoms with E-state index in [4.69, 9.17) is 4.98 Å². The molecule has 5 rings (SSSR count). The zero-order chi connectivity index (χ0) is 18.6. The predicted molar refractivity (Wildman–Crippen MR) is 115 cm³/mol. The van der Waals surface area contributed by atoms with Gasteiger partial charge in [-0.1, -0.05) is 81.4 Å². The molecule has 132 valence electrons. The van der Waals surface area contributed by atoms with E-state index in [9.17, 15) is 0 Å². The highest BCUT2D eigenvalue weighted by Gasteiger charge is 2.23. The van der Waals surface area contributed by atoms with Crippen LogP contribution in [0.1, 0.15) is 26.3 Å². The molecule has 0 spiro atoms. The highest BCUT2D eigenvalue weighted by Crippen LogP contribution is 2.47. The first-order chi connectivity index (χ1) is 13.0. The minimum atomic E-state index is 0.253. The third-order valence-electron chi connectivity index (χ3n) is 5.35. The molecule has 3 aromatic carbocycles. The van der Waals surface area contributed by atoms with E-state index in [1.807, 2.05) is 6.20 Å². The van der Waals surface area contributed by atoms with E-state index in [0.29, 0.717) is 0 Å². The van der Waals surface area contributed by atoms with Gasteiger partial charge in [0.15, 0.2) is 0 Å². The van der Waals surface area contributed by atoms with Gasteiger partial charge in [0.05, 0.1) is 5.69 Å². The molecule has 0 bridgehead atoms. The maximum atomic E-state index is 4.83. The van der Waals surface area contributed by atoms with Crippen molar-refractivity contribution < 1.29 is 0 Å². The Balaban J connectivity index is 1.93. The lowest BCUT2D eigenvalue weighted by atomic mass is 9.85. The normalized spacial score (nSPS) is 12.4. The third-order valence-corrected chi connectivity index (χ3v) is 5.35. The molecule has 27 heavy (non-hydrogen) atoms. The lowest BCUT2D eigenvalue weighted by Gasteiger charge is -2.20. The van der Waals surface area contributed by atoms with E-state index in [1.165, 1.54) is 44.2 Å². The van der Waals surface area contributed by atoms with Gasteiger partial charge in [-0.05, 0) is 51.1 Å². The van der Waals surface area contributed by atoms with Crippen molar-refractivity contribution in [2.75, 3.05) is 0 Å². The van der Waals surface area contributed by atoms with Crippen LogP contribution in [0.2, 0.25) is 0 Å². The van der Waals surface area contributed by atoms with Crippen LogP contribution in [0.15, 0.2) is 72.9 Å². The van der Waals surface area contributed by atoms with Crippen LogP contribution < -0.4 is 0 Å². The quantitative estimate of drug-likeness (QED) is 0.313. The van der Waals surface area contributed by atoms with E-state index in [1.54, 1.807) is 0 Å². The van der Waals surface area contributed by atoms with E-state index < -0.39 is 0 Å². The maximum Gasteiger partial charge on any atom is 0.0792 e. The molecule has 0 unspecified atom stereocenters. The Morgan fingerprint density at radius 1 is 0.704 bits per heavy atom. The smallest absolute Gasteiger partial charge is 0.0792 e. The number of aromatic nitrogens is 1. The van der Waals surface area contributed by atoms with E-state index >= 15 is 0 Å². The molecular formula is C26H23N. The van der Waals surface area contributed by atoms with Gasteiger partial charge in [0.1, 0.15) is 0 Å². The Morgan fingerprint density at radius 3 is 1.96 bits per heavy atom. The molecule has 0 amide bonds. The molecule has 0 atom stereocenters. The fourth-order valence-electron chi connectivity index (χ4n) is 4.39. The van der Waals surface area contributed by atoms with Gasteiger partial charge in [0, 0.05) is 17.1 Å². The van der Waals surface area contributed by atoms with Crippen LogP contribution in [-0.4, -0.2) is 4.98 Å². The standard InChI is InChI=1S/C26H23N/c1-26(2,3)16-17-14-18-12-13-27-25-22-11-7-6-9-20(22)19-8-4-5-10-21(19)23(15-17)24(18)25/h4-15H,16H2,1-3H3. The van der Waals surface area contributed by atoms with Crippen LogP contribution in [-0.2, 0) is 6.42 Å². The summed E-state index contributed by atoms with van der Waals surface area (Å²) in [6.07, 6.45) is 3.01. The summed E-state index contributed by atoms with van der Waals surface area (Å²) >= 11 is 0. The molecule has 4 aromatic rings. The van der Waals surface area contributed by atoms with Gasteiger partial charge in [-0.2, -0.15) is 0 Å². The average molecular weight is 349 g/mol. The summed E-state index contributed by atoms with van der Waals surface area (Å²) in [5.41, 5.74) is 9.13. The topological polar surface area (TPSA) is 12.9 Å². The SMILES string of the molecule is CC(C)(C)Cc1cc2c3c(nccc3c1)-c1ccccc1-c1ccccc1-2. The van der Waals surface area contributed by atoms with Crippen molar-refractivity contribution in [3.05, 3.63) is 78.5 Å². The molecule has 0 saturated carbocycles. The van der Waals surface area contributed by atoms with Crippen LogP contribution in [0.4, 0.5) is 0 Å². The van der Waals surface area contributed by atoms with Crippen molar-refractivity contribution in [1.29, 1.82) is 0 Å². The Hall–Kier alpha value is -2.93. The number of rotatable bonds is 1. The summed E-state index contributed by atoms with van der Waals surface area (Å²) in [4.78, 5) is 4.83. The molecule has 1 aliphatic carbocycles. The van der Waals surface area contributed by atoms with Crippen molar-refractivity contribution in [3.8, 4) is 33.5 Å². The molecule has 1 aliphatic rings. The van der Waals surface area contributed by atoms with Crippen molar-refractivity contribution >= 4 is 10.8 Å². The molecule has 1 aromatic heterocycles. The summed E-state index contributed by atoms with van der Waals surface area (Å²) in [5, 5.41) is 2.55. The summed E-state index contributed by atoms with van der Waals surface area (Å²) in [6.45, 7) is 6.91. The minimum absolute atomic E-state index is 0.253. The first kappa shape index (κ1) is 16.3. The van der Waals surface area contributed by atoms with Crippen LogP contribution in [0.25, 0.3) is 44.3 Å². The molecule has 0 radical (unpaired) electrons. The maximum absolute atomic E-state index is 4.83. The molecular weight excluding hydrogens is 326 g/mol. The average Bonchev–Trinajstić information content (AvgIpc) is 2.76. The van der Waals surface area contributed by atoms with Gasteiger partial charge in [-0.3, -0.25) is 4.98 Å². The number of nitrogens with zero attached hydrogens (tertiary/aromatic N) is 1. The van der Waals surface area contributed by atoms with E-state index in [-0.39, 0.29) is 5.41 Å². The van der Waals surface area contributed by atoms with Crippen LogP contribution in [0.3, 0.4) is 0 Å². The Bertz CT molecular complexity index is 1180. The second kappa shape index (κ2) is 5.79. The summed E-state index contributed by atoms with van der Waals surface area (Å²) in [6, 6.07) is 24.3.